The lowest BCUT2D eigenvalue weighted by atomic mass is 9.85. The van der Waals surface area contributed by atoms with E-state index in [1.807, 2.05) is 50.5 Å². The van der Waals surface area contributed by atoms with E-state index in [-0.39, 0.29) is 30.9 Å². The van der Waals surface area contributed by atoms with Crippen molar-refractivity contribution in [3.63, 3.8) is 0 Å². The van der Waals surface area contributed by atoms with E-state index in [2.05, 4.69) is 41.8 Å². The molecule has 0 saturated carbocycles. The molecule has 77 heavy (non-hydrogen) atoms. The highest BCUT2D eigenvalue weighted by Gasteiger charge is 2.45. The number of allylic oxidation sites excluding steroid dienone is 1. The van der Waals surface area contributed by atoms with E-state index in [1.54, 1.807) is 74.0 Å². The van der Waals surface area contributed by atoms with Crippen molar-refractivity contribution >= 4 is 98.7 Å². The van der Waals surface area contributed by atoms with Crippen molar-refractivity contribution in [2.45, 2.75) is 104 Å². The zero-order chi connectivity index (χ0) is 55.6. The van der Waals surface area contributed by atoms with Crippen molar-refractivity contribution in [1.29, 1.82) is 0 Å². The van der Waals surface area contributed by atoms with E-state index in [4.69, 9.17) is 17.3 Å². The molecule has 20 nitrogen and oxygen atoms in total. The van der Waals surface area contributed by atoms with Gasteiger partial charge in [-0.25, -0.2) is 4.98 Å². The number of carbonyl (C=O) groups excluding carboxylic acids is 8. The molecule has 2 fully saturated rings. The second-order valence-electron chi connectivity index (χ2n) is 20.5. The SMILES string of the molecule is Cc1ncsc1-c1ccc([C@H]2NC(=O)C3C[C@@H](O)CN3C(=O)[C@H](C(C)(C)C)NC(=O)CSC[C@H](C(N)=O)CC(=O)[C@@H](NC(=O)C[C@@H]3C=C(c4ccc(Cl)cc4)c4c(sc(C)c4C)-n4c(C)nnc43)NC(=O)CNC2=O)cc1. The molecule has 6 heterocycles. The third-order valence-electron chi connectivity index (χ3n) is 13.8. The summed E-state index contributed by atoms with van der Waals surface area (Å²) in [6.07, 6.45) is -2.00. The molecule has 0 aliphatic carbocycles. The number of amides is 7. The number of halogens is 1. The van der Waals surface area contributed by atoms with Crippen LogP contribution in [0.5, 0.6) is 0 Å². The summed E-state index contributed by atoms with van der Waals surface area (Å²) in [6, 6.07) is 10.1. The van der Waals surface area contributed by atoms with Crippen molar-refractivity contribution < 1.29 is 43.5 Å². The summed E-state index contributed by atoms with van der Waals surface area (Å²) >= 11 is 10.3. The van der Waals surface area contributed by atoms with Gasteiger partial charge in [0.15, 0.2) is 11.9 Å². The topological polar surface area (TPSA) is 290 Å². The third kappa shape index (κ3) is 12.6. The molecule has 406 valence electrons. The molecule has 3 aromatic heterocycles. The van der Waals surface area contributed by atoms with Crippen LogP contribution in [0.4, 0.5) is 0 Å². The number of benzene rings is 2. The first-order valence-corrected chi connectivity index (χ1v) is 28.1. The molecule has 8 N–H and O–H groups in total. The third-order valence-corrected chi connectivity index (χ3v) is 17.3. The summed E-state index contributed by atoms with van der Waals surface area (Å²) in [4.78, 5) is 120. The predicted molar refractivity (Wildman–Crippen MR) is 293 cm³/mol. The van der Waals surface area contributed by atoms with Gasteiger partial charge in [-0.2, -0.15) is 11.8 Å². The number of nitrogens with zero attached hydrogens (tertiary/aromatic N) is 5. The van der Waals surface area contributed by atoms with Crippen molar-refractivity contribution in [3.05, 3.63) is 110 Å². The Balaban J connectivity index is 1.11. The number of nitrogens with one attached hydrogen (secondary N) is 5. The highest BCUT2D eigenvalue weighted by molar-refractivity contribution is 7.99. The number of fused-ring (bicyclic) bond motifs is 4. The first-order chi connectivity index (χ1) is 36.5. The summed E-state index contributed by atoms with van der Waals surface area (Å²) < 4.78 is 1.91. The smallest absolute Gasteiger partial charge is 0.247 e. The van der Waals surface area contributed by atoms with Gasteiger partial charge in [-0.3, -0.25) is 42.9 Å². The number of hydrogen-bond donors (Lipinski definition) is 7. The number of aliphatic hydroxyl groups excluding tert-OH is 1. The fourth-order valence-corrected chi connectivity index (χ4v) is 12.7. The van der Waals surface area contributed by atoms with Gasteiger partial charge in [0.1, 0.15) is 34.8 Å². The standard InChI is InChI=1S/C53H60ClN11O9S3/c1-25-27(3)77-52-42(25)36(29-12-14-34(54)15-13-29)16-32(48-63-62-28(4)65(48)52)18-39(68)59-47-38(67)17-33(46(55)71)22-75-23-41(70)58-45(53(5,6)7)51(74)64-21-35(66)19-37(64)49(72)61-43(50(73)56-20-40(69)60-47)30-8-10-31(11-9-30)44-26(2)57-24-76-44/h8-16,24,32-33,35,37,43,45,47,66H,17-23H2,1-7H3,(H2,55,71)(H,56,73)(H,58,70)(H,59,68)(H,60,69)(H,61,72)/t32-,33+,35+,37?,43+,45+,47-/m0/s1. The van der Waals surface area contributed by atoms with Gasteiger partial charge in [-0.15, -0.1) is 32.9 Å². The highest BCUT2D eigenvalue weighted by Crippen LogP contribution is 2.44. The zero-order valence-electron chi connectivity index (χ0n) is 43.4. The van der Waals surface area contributed by atoms with Crippen LogP contribution < -0.4 is 32.3 Å². The van der Waals surface area contributed by atoms with Gasteiger partial charge in [-0.1, -0.05) is 74.8 Å². The molecule has 7 atom stereocenters. The second kappa shape index (κ2) is 23.4. The van der Waals surface area contributed by atoms with Gasteiger partial charge < -0.3 is 42.3 Å². The Labute approximate surface area is 461 Å². The molecule has 0 bridgehead atoms. The zero-order valence-corrected chi connectivity index (χ0v) is 46.6. The number of thioether (sulfide) groups is 1. The summed E-state index contributed by atoms with van der Waals surface area (Å²) in [5, 5.41) is 34.4. The van der Waals surface area contributed by atoms with E-state index in [0.29, 0.717) is 22.2 Å². The molecule has 2 saturated heterocycles. The van der Waals surface area contributed by atoms with Gasteiger partial charge in [-0.05, 0) is 73.1 Å². The van der Waals surface area contributed by atoms with Crippen LogP contribution in [-0.2, 0) is 38.4 Å². The number of carbonyl (C=O) groups is 8. The number of nitrogens with two attached hydrogens (primary N) is 1. The maximum absolute atomic E-state index is 14.5. The number of thiophene rings is 1. The number of aliphatic hydroxyl groups is 1. The number of aryl methyl sites for hydroxylation is 3. The van der Waals surface area contributed by atoms with Gasteiger partial charge in [0.25, 0.3) is 0 Å². The van der Waals surface area contributed by atoms with Crippen LogP contribution in [0.25, 0.3) is 21.0 Å². The molecular formula is C53H60ClN11O9S3. The summed E-state index contributed by atoms with van der Waals surface area (Å²) in [5.41, 5.74) is 12.1. The van der Waals surface area contributed by atoms with Crippen LogP contribution >= 0.6 is 46.0 Å². The molecule has 5 aromatic rings. The maximum Gasteiger partial charge on any atom is 0.247 e. The van der Waals surface area contributed by atoms with Crippen molar-refractivity contribution in [2.75, 3.05) is 24.6 Å². The molecule has 3 aliphatic heterocycles. The Morgan fingerprint density at radius 1 is 0.909 bits per heavy atom. The van der Waals surface area contributed by atoms with E-state index >= 15 is 0 Å². The van der Waals surface area contributed by atoms with E-state index in [1.165, 1.54) is 16.2 Å². The molecule has 0 spiro atoms. The molecule has 24 heteroatoms. The molecule has 8 rings (SSSR count). The van der Waals surface area contributed by atoms with E-state index < -0.39 is 108 Å². The summed E-state index contributed by atoms with van der Waals surface area (Å²) in [5.74, 6) is -7.54. The first-order valence-electron chi connectivity index (χ1n) is 24.8. The average Bonchev–Trinajstić information content (AvgIpc) is 4.24. The van der Waals surface area contributed by atoms with Crippen LogP contribution in [0.2, 0.25) is 5.02 Å². The quantitative estimate of drug-likeness (QED) is 0.121. The molecule has 1 unspecified atom stereocenters. The van der Waals surface area contributed by atoms with Gasteiger partial charge in [0.2, 0.25) is 41.4 Å². The minimum Gasteiger partial charge on any atom is -0.391 e. The molecule has 2 aromatic carbocycles. The van der Waals surface area contributed by atoms with Crippen LogP contribution in [0, 0.1) is 39.0 Å². The van der Waals surface area contributed by atoms with E-state index in [9.17, 15) is 43.5 Å². The van der Waals surface area contributed by atoms with Crippen molar-refractivity contribution in [2.24, 2.45) is 17.1 Å². The minimum atomic E-state index is -1.76. The lowest BCUT2D eigenvalue weighted by Crippen LogP contribution is -2.58. The predicted octanol–water partition coefficient (Wildman–Crippen LogP) is 4.09. The van der Waals surface area contributed by atoms with Gasteiger partial charge in [0.05, 0.1) is 40.4 Å². The second-order valence-corrected chi connectivity index (χ2v) is 24.0. The Morgan fingerprint density at radius 2 is 1.61 bits per heavy atom. The minimum absolute atomic E-state index is 0.140. The lowest BCUT2D eigenvalue weighted by Gasteiger charge is -2.35. The maximum atomic E-state index is 14.5. The molecule has 7 amide bonds. The number of rotatable bonds is 7. The van der Waals surface area contributed by atoms with Crippen LogP contribution in [0.1, 0.15) is 96.5 Å². The number of Topliss-reactive ketones (excluding diaryl/α,β-unsaturated/α-hetero) is 1. The fourth-order valence-electron chi connectivity index (χ4n) is 9.59. The number of ketones is 1. The summed E-state index contributed by atoms with van der Waals surface area (Å²) in [6.45, 7) is 11.9. The lowest BCUT2D eigenvalue weighted by molar-refractivity contribution is -0.144. The highest BCUT2D eigenvalue weighted by atomic mass is 35.5. The number of primary amides is 1. The molecule has 0 radical (unpaired) electrons. The van der Waals surface area contributed by atoms with Crippen LogP contribution in [0.15, 0.2) is 60.1 Å². The first kappa shape index (κ1) is 56.4. The normalized spacial score (nSPS) is 23.2. The number of hydrogen-bond acceptors (Lipinski definition) is 15. The van der Waals surface area contributed by atoms with Crippen LogP contribution in [-0.4, -0.2) is 126 Å². The van der Waals surface area contributed by atoms with Crippen molar-refractivity contribution in [3.8, 4) is 15.4 Å². The van der Waals surface area contributed by atoms with Gasteiger partial charge in [0, 0.05) is 52.9 Å². The van der Waals surface area contributed by atoms with E-state index in [0.717, 1.165) is 60.0 Å². The largest absolute Gasteiger partial charge is 0.391 e. The Kier molecular flexibility index (Phi) is 17.2. The van der Waals surface area contributed by atoms with Crippen LogP contribution in [0.3, 0.4) is 0 Å². The number of aromatic nitrogens is 4. The number of thiazole rings is 1. The Hall–Kier alpha value is -6.79. The molecule has 3 aliphatic rings. The monoisotopic (exact) mass is 1130 g/mol. The molecular weight excluding hydrogens is 1070 g/mol. The average molecular weight is 1130 g/mol. The van der Waals surface area contributed by atoms with Crippen molar-refractivity contribution in [1.82, 2.24) is 51.2 Å². The Morgan fingerprint density at radius 3 is 2.27 bits per heavy atom. The van der Waals surface area contributed by atoms with Gasteiger partial charge >= 0.3 is 0 Å². The Bertz CT molecular complexity index is 3170. The summed E-state index contributed by atoms with van der Waals surface area (Å²) in [7, 11) is 0. The fraction of sp³-hybridized carbons (Fsp3) is 0.415.